The predicted octanol–water partition coefficient (Wildman–Crippen LogP) is 3.09. The van der Waals surface area contributed by atoms with Crippen LogP contribution in [0.5, 0.6) is 0 Å². The monoisotopic (exact) mass is 255 g/mol. The maximum atomic E-state index is 13.7. The lowest BCUT2D eigenvalue weighted by Crippen LogP contribution is -2.15. The van der Waals surface area contributed by atoms with Crippen LogP contribution in [0.25, 0.3) is 11.1 Å². The molecule has 0 saturated heterocycles. The zero-order valence-corrected chi connectivity index (χ0v) is 9.61. The van der Waals surface area contributed by atoms with Gasteiger partial charge in [0.05, 0.1) is 6.42 Å². The molecule has 18 heavy (non-hydrogen) atoms. The molecule has 0 saturated carbocycles. The van der Waals surface area contributed by atoms with Crippen LogP contribution in [0.4, 0.5) is 8.78 Å². The number of carboxylic acid groups (broad SMARTS) is 1. The van der Waals surface area contributed by atoms with E-state index in [-0.39, 0.29) is 5.56 Å². The normalized spacial score (nSPS) is 11.9. The van der Waals surface area contributed by atoms with Gasteiger partial charge in [-0.05, 0) is 18.2 Å². The molecule has 1 heterocycles. The van der Waals surface area contributed by atoms with Gasteiger partial charge in [0.25, 0.3) is 5.92 Å². The largest absolute Gasteiger partial charge is 0.481 e. The third-order valence-corrected chi connectivity index (χ3v) is 2.57. The van der Waals surface area contributed by atoms with Crippen molar-refractivity contribution in [3.8, 4) is 0 Å². The van der Waals surface area contributed by atoms with E-state index in [1.54, 1.807) is 6.92 Å². The van der Waals surface area contributed by atoms with Crippen molar-refractivity contribution in [3.63, 3.8) is 0 Å². The number of fused-ring (bicyclic) bond motifs is 1. The molecule has 4 nitrogen and oxygen atoms in total. The van der Waals surface area contributed by atoms with Crippen molar-refractivity contribution in [2.75, 3.05) is 0 Å². The van der Waals surface area contributed by atoms with Crippen molar-refractivity contribution in [1.29, 1.82) is 0 Å². The highest BCUT2D eigenvalue weighted by atomic mass is 19.3. The zero-order chi connectivity index (χ0) is 13.3. The Hall–Kier alpha value is -1.98. The Kier molecular flexibility index (Phi) is 3.02. The van der Waals surface area contributed by atoms with E-state index in [2.05, 4.69) is 4.98 Å². The van der Waals surface area contributed by atoms with Crippen molar-refractivity contribution in [1.82, 2.24) is 4.98 Å². The summed E-state index contributed by atoms with van der Waals surface area (Å²) in [6, 6.07) is 3.88. The molecule has 96 valence electrons. The van der Waals surface area contributed by atoms with Gasteiger partial charge in [-0.15, -0.1) is 0 Å². The van der Waals surface area contributed by atoms with E-state index in [0.717, 1.165) is 0 Å². The molecule has 0 bridgehead atoms. The fourth-order valence-electron chi connectivity index (χ4n) is 1.68. The van der Waals surface area contributed by atoms with E-state index in [9.17, 15) is 13.6 Å². The van der Waals surface area contributed by atoms with Crippen molar-refractivity contribution in [2.24, 2.45) is 0 Å². The SMILES string of the molecule is Cc1nc2cc(C(F)(F)CCC(=O)O)ccc2o1. The number of carboxylic acids is 1. The third-order valence-electron chi connectivity index (χ3n) is 2.57. The predicted molar refractivity (Wildman–Crippen MR) is 59.5 cm³/mol. The fourth-order valence-corrected chi connectivity index (χ4v) is 1.68. The first-order valence-corrected chi connectivity index (χ1v) is 5.36. The Balaban J connectivity index is 2.31. The molecule has 0 unspecified atom stereocenters. The van der Waals surface area contributed by atoms with Crippen LogP contribution in [-0.4, -0.2) is 16.1 Å². The second-order valence-corrected chi connectivity index (χ2v) is 4.01. The van der Waals surface area contributed by atoms with Gasteiger partial charge in [0.1, 0.15) is 5.52 Å². The van der Waals surface area contributed by atoms with Crippen LogP contribution in [0.15, 0.2) is 22.6 Å². The minimum absolute atomic E-state index is 0.246. The Bertz CT molecular complexity index is 592. The number of alkyl halides is 2. The minimum Gasteiger partial charge on any atom is -0.481 e. The molecule has 0 atom stereocenters. The van der Waals surface area contributed by atoms with E-state index in [1.807, 2.05) is 0 Å². The number of aromatic nitrogens is 1. The Labute approximate surface area is 101 Å². The first-order chi connectivity index (χ1) is 8.38. The van der Waals surface area contributed by atoms with E-state index in [1.165, 1.54) is 18.2 Å². The average molecular weight is 255 g/mol. The molecule has 1 N–H and O–H groups in total. The van der Waals surface area contributed by atoms with E-state index in [4.69, 9.17) is 9.52 Å². The van der Waals surface area contributed by atoms with E-state index in [0.29, 0.717) is 17.0 Å². The highest BCUT2D eigenvalue weighted by Gasteiger charge is 2.32. The number of nitrogens with zero attached hydrogens (tertiary/aromatic N) is 1. The number of halogens is 2. The van der Waals surface area contributed by atoms with Crippen molar-refractivity contribution in [3.05, 3.63) is 29.7 Å². The van der Waals surface area contributed by atoms with E-state index < -0.39 is 24.7 Å². The number of rotatable bonds is 4. The maximum Gasteiger partial charge on any atom is 0.303 e. The summed E-state index contributed by atoms with van der Waals surface area (Å²) in [6.45, 7) is 1.63. The number of hydrogen-bond acceptors (Lipinski definition) is 3. The number of benzene rings is 1. The summed E-state index contributed by atoms with van der Waals surface area (Å²) < 4.78 is 32.6. The maximum absolute atomic E-state index is 13.7. The van der Waals surface area contributed by atoms with Crippen LogP contribution >= 0.6 is 0 Å². The first kappa shape index (κ1) is 12.5. The molecule has 2 aromatic rings. The number of carbonyl (C=O) groups is 1. The summed E-state index contributed by atoms with van der Waals surface area (Å²) in [6.07, 6.45) is -1.31. The number of oxazole rings is 1. The summed E-state index contributed by atoms with van der Waals surface area (Å²) in [4.78, 5) is 14.3. The second-order valence-electron chi connectivity index (χ2n) is 4.01. The lowest BCUT2D eigenvalue weighted by molar-refractivity contribution is -0.139. The molecular formula is C12H11F2NO3. The van der Waals surface area contributed by atoms with Crippen LogP contribution in [0.1, 0.15) is 24.3 Å². The first-order valence-electron chi connectivity index (χ1n) is 5.36. The number of aryl methyl sites for hydroxylation is 1. The van der Waals surface area contributed by atoms with Gasteiger partial charge in [-0.2, -0.15) is 0 Å². The van der Waals surface area contributed by atoms with Crippen molar-refractivity contribution < 1.29 is 23.1 Å². The summed E-state index contributed by atoms with van der Waals surface area (Å²) in [7, 11) is 0. The van der Waals surface area contributed by atoms with Crippen LogP contribution in [-0.2, 0) is 10.7 Å². The Morgan fingerprint density at radius 3 is 2.89 bits per heavy atom. The third kappa shape index (κ3) is 2.47. The minimum atomic E-state index is -3.18. The molecule has 1 aromatic carbocycles. The molecule has 1 aromatic heterocycles. The van der Waals surface area contributed by atoms with Gasteiger partial charge in [-0.25, -0.2) is 13.8 Å². The van der Waals surface area contributed by atoms with Gasteiger partial charge in [-0.1, -0.05) is 0 Å². The summed E-state index contributed by atoms with van der Waals surface area (Å²) in [5.41, 5.74) is 0.537. The molecule has 2 rings (SSSR count). The van der Waals surface area contributed by atoms with Gasteiger partial charge in [0.15, 0.2) is 11.5 Å². The summed E-state index contributed by atoms with van der Waals surface area (Å²) >= 11 is 0. The molecule has 0 radical (unpaired) electrons. The van der Waals surface area contributed by atoms with Crippen molar-refractivity contribution >= 4 is 17.1 Å². The molecule has 0 spiro atoms. The molecule has 0 amide bonds. The Morgan fingerprint density at radius 2 is 2.22 bits per heavy atom. The van der Waals surface area contributed by atoms with Crippen molar-refractivity contribution in [2.45, 2.75) is 25.7 Å². The smallest absolute Gasteiger partial charge is 0.303 e. The molecule has 6 heteroatoms. The van der Waals surface area contributed by atoms with Gasteiger partial charge >= 0.3 is 5.97 Å². The fraction of sp³-hybridized carbons (Fsp3) is 0.333. The Morgan fingerprint density at radius 1 is 1.50 bits per heavy atom. The quantitative estimate of drug-likeness (QED) is 0.911. The van der Waals surface area contributed by atoms with E-state index >= 15 is 0 Å². The average Bonchev–Trinajstić information content (AvgIpc) is 2.65. The standard InChI is InChI=1S/C12H11F2NO3/c1-7-15-9-6-8(2-3-10(9)18-7)12(13,14)5-4-11(16)17/h2-3,6H,4-5H2,1H3,(H,16,17). The van der Waals surface area contributed by atoms with Crippen LogP contribution in [0, 0.1) is 6.92 Å². The zero-order valence-electron chi connectivity index (χ0n) is 9.61. The van der Waals surface area contributed by atoms with Gasteiger partial charge in [0, 0.05) is 18.9 Å². The summed E-state index contributed by atoms with van der Waals surface area (Å²) in [5, 5.41) is 8.44. The molecule has 0 aliphatic carbocycles. The van der Waals surface area contributed by atoms with Gasteiger partial charge < -0.3 is 9.52 Å². The molecular weight excluding hydrogens is 244 g/mol. The summed E-state index contributed by atoms with van der Waals surface area (Å²) in [5.74, 6) is -4.02. The molecule has 0 aliphatic rings. The van der Waals surface area contributed by atoms with Gasteiger partial charge in [-0.3, -0.25) is 4.79 Å². The topological polar surface area (TPSA) is 63.3 Å². The van der Waals surface area contributed by atoms with Crippen LogP contribution in [0.2, 0.25) is 0 Å². The van der Waals surface area contributed by atoms with Gasteiger partial charge in [0.2, 0.25) is 0 Å². The molecule has 0 aliphatic heterocycles. The lowest BCUT2D eigenvalue weighted by atomic mass is 10.0. The number of hydrogen-bond donors (Lipinski definition) is 1. The molecule has 0 fully saturated rings. The van der Waals surface area contributed by atoms with Crippen LogP contribution in [0.3, 0.4) is 0 Å². The highest BCUT2D eigenvalue weighted by Crippen LogP contribution is 2.34. The van der Waals surface area contributed by atoms with Crippen LogP contribution < -0.4 is 0 Å². The number of aliphatic carboxylic acids is 1. The lowest BCUT2D eigenvalue weighted by Gasteiger charge is -2.15. The highest BCUT2D eigenvalue weighted by molar-refractivity contribution is 5.73. The second kappa shape index (κ2) is 4.36.